The van der Waals surface area contributed by atoms with Crippen LogP contribution >= 0.6 is 0 Å². The number of hydrogen-bond acceptors (Lipinski definition) is 0. The zero-order chi connectivity index (χ0) is 13.0. The highest BCUT2D eigenvalue weighted by Crippen LogP contribution is 2.21. The van der Waals surface area contributed by atoms with Crippen LogP contribution in [0.15, 0.2) is 54.6 Å². The van der Waals surface area contributed by atoms with E-state index in [1.807, 2.05) is 0 Å². The van der Waals surface area contributed by atoms with Crippen molar-refractivity contribution in [1.82, 2.24) is 0 Å². The molecule has 0 aliphatic carbocycles. The maximum Gasteiger partial charge on any atom is -0.0152 e. The Morgan fingerprint density at radius 2 is 1.61 bits per heavy atom. The molecule has 1 unspecified atom stereocenters. The van der Waals surface area contributed by atoms with Gasteiger partial charge >= 0.3 is 0 Å². The lowest BCUT2D eigenvalue weighted by Gasteiger charge is -2.10. The predicted molar refractivity (Wildman–Crippen MR) is 80.8 cm³/mol. The molecule has 0 aliphatic heterocycles. The predicted octanol–water partition coefficient (Wildman–Crippen LogP) is 5.23. The Morgan fingerprint density at radius 1 is 0.889 bits per heavy atom. The molecule has 18 heavy (non-hydrogen) atoms. The van der Waals surface area contributed by atoms with Gasteiger partial charge in [-0.3, -0.25) is 0 Å². The summed E-state index contributed by atoms with van der Waals surface area (Å²) in [7, 11) is 0. The van der Waals surface area contributed by atoms with Crippen molar-refractivity contribution in [2.45, 2.75) is 27.2 Å². The van der Waals surface area contributed by atoms with E-state index in [9.17, 15) is 0 Å². The van der Waals surface area contributed by atoms with Gasteiger partial charge in [-0.25, -0.2) is 0 Å². The molecule has 0 radical (unpaired) electrons. The van der Waals surface area contributed by atoms with Crippen molar-refractivity contribution in [2.75, 3.05) is 0 Å². The quantitative estimate of drug-likeness (QED) is 0.640. The Hall–Kier alpha value is -1.56. The van der Waals surface area contributed by atoms with E-state index in [-0.39, 0.29) is 0 Å². The maximum atomic E-state index is 2.34. The number of benzene rings is 2. The van der Waals surface area contributed by atoms with Crippen LogP contribution in [-0.2, 0) is 6.42 Å². The van der Waals surface area contributed by atoms with Crippen molar-refractivity contribution in [3.8, 4) is 0 Å². The van der Waals surface area contributed by atoms with Gasteiger partial charge in [0.2, 0.25) is 0 Å². The topological polar surface area (TPSA) is 0 Å². The third kappa shape index (κ3) is 3.22. The molecule has 2 aromatic rings. The van der Waals surface area contributed by atoms with Gasteiger partial charge in [0.05, 0.1) is 0 Å². The zero-order valence-electron chi connectivity index (χ0n) is 11.6. The minimum absolute atomic E-state index is 0.596. The highest BCUT2D eigenvalue weighted by molar-refractivity contribution is 5.85. The molecule has 0 saturated heterocycles. The normalized spacial score (nSPS) is 13.6. The summed E-state index contributed by atoms with van der Waals surface area (Å²) in [6.07, 6.45) is 5.76. The van der Waals surface area contributed by atoms with E-state index >= 15 is 0 Å². The molecule has 2 aromatic carbocycles. The second-order valence-corrected chi connectivity index (χ2v) is 5.45. The molecule has 0 amide bonds. The summed E-state index contributed by atoms with van der Waals surface area (Å²) >= 11 is 0. The minimum atomic E-state index is 0.596. The molecule has 0 spiro atoms. The van der Waals surface area contributed by atoms with Crippen molar-refractivity contribution in [3.05, 3.63) is 60.2 Å². The number of fused-ring (bicyclic) bond motifs is 1. The first-order valence-electron chi connectivity index (χ1n) is 6.82. The summed E-state index contributed by atoms with van der Waals surface area (Å²) in [4.78, 5) is 0. The lowest BCUT2D eigenvalue weighted by atomic mass is 9.95. The standard InChI is InChI=1S/C18H22/c1-14(2)11-12-15(3)13-17-9-6-8-16-7-4-5-10-18(16)17/h4-12,14-15H,13H2,1-3H3. The Kier molecular flexibility index (Phi) is 4.19. The van der Waals surface area contributed by atoms with Crippen molar-refractivity contribution in [3.63, 3.8) is 0 Å². The van der Waals surface area contributed by atoms with E-state index in [1.54, 1.807) is 0 Å². The van der Waals surface area contributed by atoms with E-state index in [0.29, 0.717) is 11.8 Å². The van der Waals surface area contributed by atoms with Gasteiger partial charge in [-0.15, -0.1) is 0 Å². The van der Waals surface area contributed by atoms with Crippen LogP contribution in [0.25, 0.3) is 10.8 Å². The van der Waals surface area contributed by atoms with Crippen molar-refractivity contribution in [1.29, 1.82) is 0 Å². The summed E-state index contributed by atoms with van der Waals surface area (Å²) in [5.41, 5.74) is 1.45. The monoisotopic (exact) mass is 238 g/mol. The average Bonchev–Trinajstić information content (AvgIpc) is 2.37. The Balaban J connectivity index is 2.21. The van der Waals surface area contributed by atoms with Gasteiger partial charge in [0.25, 0.3) is 0 Å². The molecular formula is C18H22. The molecule has 1 atom stereocenters. The molecule has 0 aromatic heterocycles. The van der Waals surface area contributed by atoms with Gasteiger partial charge in [-0.05, 0) is 34.6 Å². The zero-order valence-corrected chi connectivity index (χ0v) is 11.6. The van der Waals surface area contributed by atoms with Crippen LogP contribution in [0.2, 0.25) is 0 Å². The Morgan fingerprint density at radius 3 is 2.39 bits per heavy atom. The molecule has 0 nitrogen and oxygen atoms in total. The van der Waals surface area contributed by atoms with Crippen LogP contribution < -0.4 is 0 Å². The van der Waals surface area contributed by atoms with Crippen molar-refractivity contribution < 1.29 is 0 Å². The molecule has 0 saturated carbocycles. The van der Waals surface area contributed by atoms with Gasteiger partial charge in [-0.2, -0.15) is 0 Å². The van der Waals surface area contributed by atoms with Gasteiger partial charge < -0.3 is 0 Å². The van der Waals surface area contributed by atoms with Crippen LogP contribution in [0.3, 0.4) is 0 Å². The van der Waals surface area contributed by atoms with Crippen LogP contribution in [0.5, 0.6) is 0 Å². The highest BCUT2D eigenvalue weighted by atomic mass is 14.1. The molecule has 2 rings (SSSR count). The smallest absolute Gasteiger partial charge is 0.0152 e. The molecular weight excluding hydrogens is 216 g/mol. The summed E-state index contributed by atoms with van der Waals surface area (Å²) in [6, 6.07) is 15.2. The van der Waals surface area contributed by atoms with Crippen LogP contribution in [0.1, 0.15) is 26.3 Å². The molecule has 0 aliphatic rings. The largest absolute Gasteiger partial charge is 0.0857 e. The minimum Gasteiger partial charge on any atom is -0.0857 e. The van der Waals surface area contributed by atoms with Gasteiger partial charge in [-0.1, -0.05) is 75.4 Å². The first-order valence-corrected chi connectivity index (χ1v) is 6.82. The maximum absolute atomic E-state index is 2.34. The van der Waals surface area contributed by atoms with E-state index in [0.717, 1.165) is 6.42 Å². The van der Waals surface area contributed by atoms with E-state index in [2.05, 4.69) is 75.4 Å². The molecule has 0 fully saturated rings. The number of allylic oxidation sites excluding steroid dienone is 2. The summed E-state index contributed by atoms with van der Waals surface area (Å²) < 4.78 is 0. The summed E-state index contributed by atoms with van der Waals surface area (Å²) in [6.45, 7) is 6.74. The lowest BCUT2D eigenvalue weighted by molar-refractivity contribution is 0.711. The molecule has 0 N–H and O–H groups in total. The fourth-order valence-corrected chi connectivity index (χ4v) is 2.30. The fourth-order valence-electron chi connectivity index (χ4n) is 2.30. The highest BCUT2D eigenvalue weighted by Gasteiger charge is 2.04. The summed E-state index contributed by atoms with van der Waals surface area (Å²) in [5.74, 6) is 1.23. The second kappa shape index (κ2) is 5.86. The van der Waals surface area contributed by atoms with Gasteiger partial charge in [0, 0.05) is 0 Å². The number of rotatable bonds is 4. The molecule has 0 heteroatoms. The third-order valence-electron chi connectivity index (χ3n) is 3.25. The molecule has 94 valence electrons. The van der Waals surface area contributed by atoms with Crippen molar-refractivity contribution in [2.24, 2.45) is 11.8 Å². The number of hydrogen-bond donors (Lipinski definition) is 0. The van der Waals surface area contributed by atoms with Crippen LogP contribution in [0.4, 0.5) is 0 Å². The van der Waals surface area contributed by atoms with E-state index in [4.69, 9.17) is 0 Å². The van der Waals surface area contributed by atoms with Crippen molar-refractivity contribution >= 4 is 10.8 Å². The average molecular weight is 238 g/mol. The first kappa shape index (κ1) is 12.9. The van der Waals surface area contributed by atoms with Crippen LogP contribution in [0, 0.1) is 11.8 Å². The second-order valence-electron chi connectivity index (χ2n) is 5.45. The lowest BCUT2D eigenvalue weighted by Crippen LogP contribution is -1.97. The third-order valence-corrected chi connectivity index (χ3v) is 3.25. The van der Waals surface area contributed by atoms with E-state index in [1.165, 1.54) is 16.3 Å². The SMILES string of the molecule is CC(C)C=CC(C)Cc1cccc2ccccc12. The van der Waals surface area contributed by atoms with E-state index < -0.39 is 0 Å². The molecule has 0 bridgehead atoms. The Labute approximate surface area is 110 Å². The first-order chi connectivity index (χ1) is 8.66. The van der Waals surface area contributed by atoms with Crippen LogP contribution in [-0.4, -0.2) is 0 Å². The fraction of sp³-hybridized carbons (Fsp3) is 0.333. The summed E-state index contributed by atoms with van der Waals surface area (Å²) in [5, 5.41) is 2.74. The molecule has 0 heterocycles. The van der Waals surface area contributed by atoms with Gasteiger partial charge in [0.1, 0.15) is 0 Å². The van der Waals surface area contributed by atoms with Gasteiger partial charge in [0.15, 0.2) is 0 Å². The Bertz CT molecular complexity index is 529.